The van der Waals surface area contributed by atoms with Crippen LogP contribution in [0.5, 0.6) is 0 Å². The quantitative estimate of drug-likeness (QED) is 0.363. The molecule has 2 aromatic carbocycles. The Labute approximate surface area is 212 Å². The predicted molar refractivity (Wildman–Crippen MR) is 133 cm³/mol. The van der Waals surface area contributed by atoms with E-state index in [4.69, 9.17) is 0 Å². The fourth-order valence-electron chi connectivity index (χ4n) is 4.07. The molecule has 0 aliphatic heterocycles. The zero-order chi connectivity index (χ0) is 26.2. The normalized spacial score (nSPS) is 14.6. The van der Waals surface area contributed by atoms with Gasteiger partial charge in [0.15, 0.2) is 0 Å². The zero-order valence-electron chi connectivity index (χ0n) is 20.0. The molecule has 1 aliphatic carbocycles. The van der Waals surface area contributed by atoms with E-state index >= 15 is 0 Å². The van der Waals surface area contributed by atoms with Crippen LogP contribution in [0, 0.1) is 11.2 Å². The lowest BCUT2D eigenvalue weighted by Crippen LogP contribution is -2.23. The topological polar surface area (TPSA) is 132 Å². The van der Waals surface area contributed by atoms with Gasteiger partial charge in [-0.2, -0.15) is 14.9 Å². The number of sulfonamides is 1. The van der Waals surface area contributed by atoms with Crippen LogP contribution in [0.15, 0.2) is 82.1 Å². The predicted octanol–water partition coefficient (Wildman–Crippen LogP) is 4.84. The van der Waals surface area contributed by atoms with Crippen molar-refractivity contribution in [3.63, 3.8) is 0 Å². The molecule has 10 nitrogen and oxygen atoms in total. The van der Waals surface area contributed by atoms with Crippen molar-refractivity contribution in [2.75, 3.05) is 4.72 Å². The van der Waals surface area contributed by atoms with Crippen molar-refractivity contribution in [3.05, 3.63) is 89.8 Å². The first-order chi connectivity index (χ1) is 17.6. The van der Waals surface area contributed by atoms with Gasteiger partial charge in [-0.25, -0.2) is 27.5 Å². The van der Waals surface area contributed by atoms with Crippen LogP contribution < -0.4 is 4.72 Å². The molecule has 1 aliphatic rings. The molecule has 0 saturated carbocycles. The summed E-state index contributed by atoms with van der Waals surface area (Å²) in [6.07, 6.45) is 4.01. The molecule has 2 aromatic heterocycles. The number of anilines is 1. The Morgan fingerprint density at radius 3 is 2.35 bits per heavy atom. The number of fused-ring (bicyclic) bond motifs is 2. The number of carbonyl (C=O) groups excluding carboxylic acids is 1. The van der Waals surface area contributed by atoms with Gasteiger partial charge in [-0.05, 0) is 72.9 Å². The summed E-state index contributed by atoms with van der Waals surface area (Å²) in [5, 5.41) is 13.1. The van der Waals surface area contributed by atoms with Gasteiger partial charge in [-0.15, -0.1) is 5.11 Å². The lowest BCUT2D eigenvalue weighted by atomic mass is 9.79. The van der Waals surface area contributed by atoms with Crippen molar-refractivity contribution in [1.82, 2.24) is 19.7 Å². The summed E-state index contributed by atoms with van der Waals surface area (Å²) in [5.74, 6) is -0.836. The van der Waals surface area contributed by atoms with E-state index in [1.807, 2.05) is 0 Å². The Hall–Kier alpha value is -4.32. The second-order valence-corrected chi connectivity index (χ2v) is 11.0. The second-order valence-electron chi connectivity index (χ2n) is 9.36. The van der Waals surface area contributed by atoms with E-state index in [9.17, 15) is 17.6 Å². The van der Waals surface area contributed by atoms with Crippen LogP contribution >= 0.6 is 0 Å². The monoisotopic (exact) mass is 519 g/mol. The maximum atomic E-state index is 13.3. The van der Waals surface area contributed by atoms with E-state index in [-0.39, 0.29) is 22.2 Å². The molecule has 0 amide bonds. The smallest absolute Gasteiger partial charge is 0.267 e. The minimum absolute atomic E-state index is 0.0147. The molecule has 2 bridgehead atoms. The second kappa shape index (κ2) is 9.28. The molecule has 188 valence electrons. The number of nitrogens with zero attached hydrogens (tertiary/aromatic N) is 6. The minimum atomic E-state index is -3.88. The van der Waals surface area contributed by atoms with Crippen LogP contribution in [0.2, 0.25) is 0 Å². The largest absolute Gasteiger partial charge is 0.278 e. The van der Waals surface area contributed by atoms with Crippen molar-refractivity contribution >= 4 is 33.3 Å². The van der Waals surface area contributed by atoms with Gasteiger partial charge in [0.1, 0.15) is 11.5 Å². The van der Waals surface area contributed by atoms with Crippen molar-refractivity contribution in [2.24, 2.45) is 15.6 Å². The van der Waals surface area contributed by atoms with Crippen molar-refractivity contribution in [3.8, 4) is 0 Å². The molecule has 12 heteroatoms. The average Bonchev–Trinajstić information content (AvgIpc) is 3.10. The van der Waals surface area contributed by atoms with Crippen LogP contribution in [0.25, 0.3) is 0 Å². The fraction of sp³-hybridized carbons (Fsp3) is 0.200. The number of hydrogen-bond acceptors (Lipinski definition) is 8. The lowest BCUT2D eigenvalue weighted by Gasteiger charge is -2.26. The number of carbonyl (C=O) groups is 1. The summed E-state index contributed by atoms with van der Waals surface area (Å²) in [7, 11) is -3.88. The molecule has 0 saturated heterocycles. The molecule has 0 fully saturated rings. The average molecular weight is 520 g/mol. The van der Waals surface area contributed by atoms with Crippen molar-refractivity contribution < 1.29 is 17.6 Å². The molecule has 37 heavy (non-hydrogen) atoms. The Kier molecular flexibility index (Phi) is 6.12. The van der Waals surface area contributed by atoms with Crippen molar-refractivity contribution in [1.29, 1.82) is 0 Å². The molecular formula is C25H22FN7O3S. The Morgan fingerprint density at radius 1 is 1.00 bits per heavy atom. The van der Waals surface area contributed by atoms with Gasteiger partial charge in [0.05, 0.1) is 22.0 Å². The van der Waals surface area contributed by atoms with Crippen LogP contribution in [0.3, 0.4) is 0 Å². The van der Waals surface area contributed by atoms with Crippen LogP contribution in [0.4, 0.5) is 21.7 Å². The first-order valence-corrected chi connectivity index (χ1v) is 12.8. The molecule has 5 rings (SSSR count). The summed E-state index contributed by atoms with van der Waals surface area (Å²) in [6.45, 7) is 4.16. The Balaban J connectivity index is 1.41. The number of aromatic nitrogens is 4. The summed E-state index contributed by atoms with van der Waals surface area (Å²) in [4.78, 5) is 20.9. The Bertz CT molecular complexity index is 1600. The maximum Gasteiger partial charge on any atom is 0.278 e. The van der Waals surface area contributed by atoms with Crippen LogP contribution in [0.1, 0.15) is 35.6 Å². The number of halogens is 1. The first kappa shape index (κ1) is 24.4. The molecule has 2 heterocycles. The minimum Gasteiger partial charge on any atom is -0.267 e. The van der Waals surface area contributed by atoms with E-state index in [2.05, 4.69) is 43.9 Å². The molecular weight excluding hydrogens is 497 g/mol. The van der Waals surface area contributed by atoms with E-state index in [0.29, 0.717) is 41.2 Å². The van der Waals surface area contributed by atoms with E-state index in [1.54, 1.807) is 6.07 Å². The highest BCUT2D eigenvalue weighted by Crippen LogP contribution is 2.41. The molecule has 0 radical (unpaired) electrons. The Morgan fingerprint density at radius 2 is 1.68 bits per heavy atom. The van der Waals surface area contributed by atoms with E-state index in [0.717, 1.165) is 0 Å². The van der Waals surface area contributed by atoms with Gasteiger partial charge in [-0.3, -0.25) is 4.79 Å². The summed E-state index contributed by atoms with van der Waals surface area (Å²) in [6, 6.07) is 12.7. The first-order valence-electron chi connectivity index (χ1n) is 11.3. The third kappa shape index (κ3) is 5.14. The summed E-state index contributed by atoms with van der Waals surface area (Å²) >= 11 is 0. The van der Waals surface area contributed by atoms with Gasteiger partial charge < -0.3 is 0 Å². The number of benzene rings is 2. The number of hydrogen-bond donors (Lipinski definition) is 1. The summed E-state index contributed by atoms with van der Waals surface area (Å²) in [5.41, 5.74) is 2.37. The molecule has 0 spiro atoms. The molecule has 1 N–H and O–H groups in total. The molecule has 0 unspecified atom stereocenters. The highest BCUT2D eigenvalue weighted by atomic mass is 32.2. The molecule has 4 aromatic rings. The third-order valence-corrected chi connectivity index (χ3v) is 7.15. The number of azo groups is 1. The van der Waals surface area contributed by atoms with Crippen LogP contribution in [-0.2, 0) is 22.9 Å². The van der Waals surface area contributed by atoms with Gasteiger partial charge >= 0.3 is 0 Å². The number of nitrogens with one attached hydrogen (secondary N) is 1. The third-order valence-electron chi connectivity index (χ3n) is 5.80. The zero-order valence-corrected chi connectivity index (χ0v) is 20.8. The van der Waals surface area contributed by atoms with Crippen molar-refractivity contribution in [2.45, 2.75) is 31.6 Å². The van der Waals surface area contributed by atoms with Crippen LogP contribution in [-0.4, -0.2) is 34.1 Å². The highest BCUT2D eigenvalue weighted by Gasteiger charge is 2.35. The summed E-state index contributed by atoms with van der Waals surface area (Å²) < 4.78 is 42.1. The maximum absolute atomic E-state index is 13.3. The van der Waals surface area contributed by atoms with Gasteiger partial charge in [-0.1, -0.05) is 13.8 Å². The molecule has 0 atom stereocenters. The van der Waals surface area contributed by atoms with Gasteiger partial charge in [0.2, 0.25) is 5.95 Å². The van der Waals surface area contributed by atoms with E-state index < -0.39 is 15.8 Å². The number of rotatable bonds is 6. The lowest BCUT2D eigenvalue weighted by molar-refractivity contribution is 0.0941. The SMILES string of the molecule is CC1(C)Cc2nn(C(=O)c3ccc(F)cc3)c(c2N=Nc2ccc(S(=O)(=O)Nc3ncccn3)cc2)C1. The fourth-order valence-corrected chi connectivity index (χ4v) is 5.03. The van der Waals surface area contributed by atoms with Gasteiger partial charge in [0, 0.05) is 18.0 Å². The standard InChI is InChI=1S/C25H22FN7O3S/c1-25(2)14-20-22(21(15-25)33(31-20)23(34)16-4-6-17(26)7-5-16)30-29-18-8-10-19(11-9-18)37(35,36)32-24-27-12-3-13-28-24/h3-13H,14-15H2,1-2H3,(H,27,28,32). The van der Waals surface area contributed by atoms with E-state index in [1.165, 1.54) is 65.6 Å². The van der Waals surface area contributed by atoms with Gasteiger partial charge in [0.25, 0.3) is 15.9 Å². The highest BCUT2D eigenvalue weighted by molar-refractivity contribution is 7.92.